The number of piperidine rings is 1. The number of carbonyl (C=O) groups is 1. The topological polar surface area (TPSA) is 97.9 Å². The van der Waals surface area contributed by atoms with Crippen molar-refractivity contribution in [2.45, 2.75) is 26.2 Å². The zero-order chi connectivity index (χ0) is 17.9. The van der Waals surface area contributed by atoms with Gasteiger partial charge in [0.15, 0.2) is 0 Å². The van der Waals surface area contributed by atoms with Gasteiger partial charge in [-0.15, -0.1) is 11.3 Å². The number of rotatable bonds is 4. The van der Waals surface area contributed by atoms with Gasteiger partial charge in [0.1, 0.15) is 10.6 Å². The second kappa shape index (κ2) is 7.28. The van der Waals surface area contributed by atoms with E-state index >= 15 is 0 Å². The molecule has 4 rings (SSSR count). The third-order valence-electron chi connectivity index (χ3n) is 4.47. The molecule has 0 unspecified atom stereocenters. The van der Waals surface area contributed by atoms with Crippen molar-refractivity contribution in [3.63, 3.8) is 0 Å². The van der Waals surface area contributed by atoms with Crippen molar-refractivity contribution in [1.82, 2.24) is 30.0 Å². The summed E-state index contributed by atoms with van der Waals surface area (Å²) in [6, 6.07) is 0. The van der Waals surface area contributed by atoms with Gasteiger partial charge in [0.2, 0.25) is 11.7 Å². The van der Waals surface area contributed by atoms with Gasteiger partial charge in [0, 0.05) is 31.9 Å². The zero-order valence-electron chi connectivity index (χ0n) is 14.3. The lowest BCUT2D eigenvalue weighted by Gasteiger charge is -2.32. The maximum absolute atomic E-state index is 12.7. The van der Waals surface area contributed by atoms with Gasteiger partial charge < -0.3 is 9.42 Å². The maximum atomic E-state index is 12.7. The molecule has 4 heterocycles. The lowest BCUT2D eigenvalue weighted by atomic mass is 9.94. The number of likely N-dealkylation sites (tertiary alicyclic amines) is 1. The van der Waals surface area contributed by atoms with E-state index in [-0.39, 0.29) is 5.91 Å². The number of nitrogens with zero attached hydrogens (tertiary/aromatic N) is 6. The van der Waals surface area contributed by atoms with Gasteiger partial charge in [-0.2, -0.15) is 4.98 Å². The molecule has 0 aromatic carbocycles. The van der Waals surface area contributed by atoms with E-state index in [4.69, 9.17) is 4.52 Å². The molecular formula is C17H18N6O2S. The number of hydrogen-bond donors (Lipinski definition) is 0. The van der Waals surface area contributed by atoms with Crippen molar-refractivity contribution in [1.29, 1.82) is 0 Å². The van der Waals surface area contributed by atoms with E-state index in [2.05, 4.69) is 25.1 Å². The molecule has 1 amide bonds. The Morgan fingerprint density at radius 3 is 3.08 bits per heavy atom. The summed E-state index contributed by atoms with van der Waals surface area (Å²) in [6.45, 7) is 3.35. The molecule has 3 aromatic rings. The Hall–Kier alpha value is -2.68. The SMILES string of the molecule is Cc1ncsc1C(=O)N1CCC[C@@H](Cc2nc(-c3cnccn3)no2)C1. The molecule has 0 aliphatic carbocycles. The lowest BCUT2D eigenvalue weighted by molar-refractivity contribution is 0.0672. The quantitative estimate of drug-likeness (QED) is 0.695. The van der Waals surface area contributed by atoms with E-state index in [1.807, 2.05) is 11.8 Å². The molecule has 0 N–H and O–H groups in total. The van der Waals surface area contributed by atoms with Crippen LogP contribution in [0.2, 0.25) is 0 Å². The maximum Gasteiger partial charge on any atom is 0.265 e. The van der Waals surface area contributed by atoms with E-state index in [0.29, 0.717) is 36.3 Å². The molecule has 0 saturated carbocycles. The van der Waals surface area contributed by atoms with Crippen molar-refractivity contribution in [2.75, 3.05) is 13.1 Å². The van der Waals surface area contributed by atoms with Crippen LogP contribution in [0.15, 0.2) is 28.6 Å². The van der Waals surface area contributed by atoms with Crippen LogP contribution in [0.4, 0.5) is 0 Å². The summed E-state index contributed by atoms with van der Waals surface area (Å²) in [5, 5.41) is 3.98. The molecule has 1 saturated heterocycles. The number of amides is 1. The first-order chi connectivity index (χ1) is 12.7. The highest BCUT2D eigenvalue weighted by Gasteiger charge is 2.27. The number of aromatic nitrogens is 5. The number of thiazole rings is 1. The Bertz CT molecular complexity index is 894. The van der Waals surface area contributed by atoms with Crippen molar-refractivity contribution >= 4 is 17.2 Å². The molecule has 1 atom stereocenters. The smallest absolute Gasteiger partial charge is 0.265 e. The largest absolute Gasteiger partial charge is 0.339 e. The van der Waals surface area contributed by atoms with E-state index in [1.54, 1.807) is 24.1 Å². The Balaban J connectivity index is 1.42. The van der Waals surface area contributed by atoms with Crippen LogP contribution in [0.5, 0.6) is 0 Å². The van der Waals surface area contributed by atoms with Gasteiger partial charge in [0.25, 0.3) is 5.91 Å². The summed E-state index contributed by atoms with van der Waals surface area (Å²) in [6.07, 6.45) is 7.46. The fourth-order valence-corrected chi connectivity index (χ4v) is 3.94. The molecule has 9 heteroatoms. The highest BCUT2D eigenvalue weighted by Crippen LogP contribution is 2.24. The summed E-state index contributed by atoms with van der Waals surface area (Å²) in [4.78, 5) is 32.1. The predicted octanol–water partition coefficient (Wildman–Crippen LogP) is 2.39. The number of hydrogen-bond acceptors (Lipinski definition) is 8. The molecule has 1 aliphatic heterocycles. The third kappa shape index (κ3) is 3.48. The van der Waals surface area contributed by atoms with Gasteiger partial charge in [-0.3, -0.25) is 9.78 Å². The number of carbonyl (C=O) groups excluding carboxylic acids is 1. The third-order valence-corrected chi connectivity index (χ3v) is 5.39. The van der Waals surface area contributed by atoms with Crippen molar-refractivity contribution < 1.29 is 9.32 Å². The van der Waals surface area contributed by atoms with Crippen LogP contribution in [0.1, 0.15) is 34.1 Å². The van der Waals surface area contributed by atoms with Crippen molar-refractivity contribution in [2.24, 2.45) is 5.92 Å². The van der Waals surface area contributed by atoms with Gasteiger partial charge in [-0.1, -0.05) is 5.16 Å². The molecule has 3 aromatic heterocycles. The monoisotopic (exact) mass is 370 g/mol. The lowest BCUT2D eigenvalue weighted by Crippen LogP contribution is -2.40. The van der Waals surface area contributed by atoms with Crippen LogP contribution >= 0.6 is 11.3 Å². The van der Waals surface area contributed by atoms with Crippen molar-refractivity contribution in [3.05, 3.63) is 40.6 Å². The van der Waals surface area contributed by atoms with E-state index in [9.17, 15) is 4.79 Å². The standard InChI is InChI=1S/C17H18N6O2S/c1-11-15(26-10-20-11)17(24)23-6-2-3-12(9-23)7-14-21-16(22-25-14)13-8-18-4-5-19-13/h4-5,8,10,12H,2-3,6-7,9H2,1H3/t12-/m0/s1. The molecule has 134 valence electrons. The Labute approximate surface area is 154 Å². The molecule has 0 bridgehead atoms. The van der Waals surface area contributed by atoms with E-state index < -0.39 is 0 Å². The summed E-state index contributed by atoms with van der Waals surface area (Å²) in [5.74, 6) is 1.38. The molecular weight excluding hydrogens is 352 g/mol. The average Bonchev–Trinajstić information content (AvgIpc) is 3.31. The molecule has 8 nitrogen and oxygen atoms in total. The minimum absolute atomic E-state index is 0.0699. The molecule has 0 spiro atoms. The first-order valence-electron chi connectivity index (χ1n) is 8.49. The minimum Gasteiger partial charge on any atom is -0.339 e. The summed E-state index contributed by atoms with van der Waals surface area (Å²) in [5.41, 5.74) is 3.10. The van der Waals surface area contributed by atoms with Crippen LogP contribution < -0.4 is 0 Å². The Kier molecular flexibility index (Phi) is 4.70. The fraction of sp³-hybridized carbons (Fsp3) is 0.412. The summed E-state index contributed by atoms with van der Waals surface area (Å²) >= 11 is 1.40. The average molecular weight is 370 g/mol. The molecule has 26 heavy (non-hydrogen) atoms. The van der Waals surface area contributed by atoms with Gasteiger partial charge in [0.05, 0.1) is 17.4 Å². The fourth-order valence-electron chi connectivity index (χ4n) is 3.17. The highest BCUT2D eigenvalue weighted by molar-refractivity contribution is 7.11. The first kappa shape index (κ1) is 16.8. The van der Waals surface area contributed by atoms with E-state index in [0.717, 1.165) is 30.0 Å². The van der Waals surface area contributed by atoms with Crippen LogP contribution in [-0.4, -0.2) is 49.0 Å². The summed E-state index contributed by atoms with van der Waals surface area (Å²) in [7, 11) is 0. The van der Waals surface area contributed by atoms with Crippen LogP contribution in [0.25, 0.3) is 11.5 Å². The minimum atomic E-state index is 0.0699. The predicted molar refractivity (Wildman–Crippen MR) is 94.5 cm³/mol. The first-order valence-corrected chi connectivity index (χ1v) is 9.37. The van der Waals surface area contributed by atoms with Crippen molar-refractivity contribution in [3.8, 4) is 11.5 Å². The summed E-state index contributed by atoms with van der Waals surface area (Å²) < 4.78 is 5.37. The van der Waals surface area contributed by atoms with Crippen LogP contribution in [0.3, 0.4) is 0 Å². The zero-order valence-corrected chi connectivity index (χ0v) is 15.1. The second-order valence-electron chi connectivity index (χ2n) is 6.33. The second-order valence-corrected chi connectivity index (χ2v) is 7.19. The van der Waals surface area contributed by atoms with Gasteiger partial charge >= 0.3 is 0 Å². The molecule has 1 aliphatic rings. The van der Waals surface area contributed by atoms with Crippen LogP contribution in [0, 0.1) is 12.8 Å². The highest BCUT2D eigenvalue weighted by atomic mass is 32.1. The van der Waals surface area contributed by atoms with Crippen LogP contribution in [-0.2, 0) is 6.42 Å². The Morgan fingerprint density at radius 1 is 1.38 bits per heavy atom. The van der Waals surface area contributed by atoms with Gasteiger partial charge in [-0.25, -0.2) is 9.97 Å². The number of aryl methyl sites for hydroxylation is 1. The van der Waals surface area contributed by atoms with E-state index in [1.165, 1.54) is 11.3 Å². The normalized spacial score (nSPS) is 17.4. The Morgan fingerprint density at radius 2 is 2.31 bits per heavy atom. The van der Waals surface area contributed by atoms with Gasteiger partial charge in [-0.05, 0) is 25.7 Å². The molecule has 0 radical (unpaired) electrons. The molecule has 1 fully saturated rings.